The topological polar surface area (TPSA) is 58.7 Å². The van der Waals surface area contributed by atoms with Crippen molar-refractivity contribution in [3.05, 3.63) is 23.8 Å². The maximum absolute atomic E-state index is 9.86. The van der Waals surface area contributed by atoms with E-state index in [0.717, 1.165) is 11.4 Å². The van der Waals surface area contributed by atoms with E-state index in [2.05, 4.69) is 26.0 Å². The van der Waals surface area contributed by atoms with Crippen LogP contribution in [-0.2, 0) is 0 Å². The molecular weight excluding hydrogens is 240 g/mol. The quantitative estimate of drug-likeness (QED) is 0.792. The summed E-state index contributed by atoms with van der Waals surface area (Å²) < 4.78 is 5.39. The van der Waals surface area contributed by atoms with E-state index in [-0.39, 0.29) is 0 Å². The fourth-order valence-corrected chi connectivity index (χ4v) is 2.06. The molecule has 0 saturated carbocycles. The Kier molecular flexibility index (Phi) is 6.12. The number of likely N-dealkylation sites (N-methyl/N-ethyl adjacent to an activating group) is 1. The number of nitrogens with two attached hydrogens (primary N) is 1. The molecule has 0 amide bonds. The Morgan fingerprint density at radius 2 is 2.05 bits per heavy atom. The lowest BCUT2D eigenvalue weighted by atomic mass is 10.0. The summed E-state index contributed by atoms with van der Waals surface area (Å²) in [4.78, 5) is 2.02. The van der Waals surface area contributed by atoms with E-state index in [1.54, 1.807) is 7.11 Å². The first kappa shape index (κ1) is 15.8. The van der Waals surface area contributed by atoms with Crippen LogP contribution in [0.1, 0.15) is 31.7 Å². The third-order valence-corrected chi connectivity index (χ3v) is 3.27. The van der Waals surface area contributed by atoms with Crippen molar-refractivity contribution < 1.29 is 9.84 Å². The average molecular weight is 266 g/mol. The average Bonchev–Trinajstić information content (AvgIpc) is 2.37. The van der Waals surface area contributed by atoms with Crippen LogP contribution < -0.4 is 15.4 Å². The molecule has 3 N–H and O–H groups in total. The van der Waals surface area contributed by atoms with E-state index in [1.165, 1.54) is 5.56 Å². The van der Waals surface area contributed by atoms with Gasteiger partial charge in [0, 0.05) is 13.6 Å². The van der Waals surface area contributed by atoms with Gasteiger partial charge in [-0.15, -0.1) is 0 Å². The second-order valence-corrected chi connectivity index (χ2v) is 5.20. The zero-order chi connectivity index (χ0) is 14.4. The molecule has 4 nitrogen and oxygen atoms in total. The Morgan fingerprint density at radius 3 is 2.58 bits per heavy atom. The number of ether oxygens (including phenoxy) is 1. The number of aliphatic hydroxyl groups excluding tert-OH is 1. The van der Waals surface area contributed by atoms with E-state index < -0.39 is 6.10 Å². The summed E-state index contributed by atoms with van der Waals surface area (Å²) in [7, 11) is 3.62. The van der Waals surface area contributed by atoms with Gasteiger partial charge in [-0.2, -0.15) is 0 Å². The van der Waals surface area contributed by atoms with E-state index in [0.29, 0.717) is 25.4 Å². The van der Waals surface area contributed by atoms with Crippen LogP contribution >= 0.6 is 0 Å². The van der Waals surface area contributed by atoms with Gasteiger partial charge in [0.25, 0.3) is 0 Å². The molecule has 19 heavy (non-hydrogen) atoms. The van der Waals surface area contributed by atoms with E-state index in [9.17, 15) is 5.11 Å². The van der Waals surface area contributed by atoms with Crippen LogP contribution in [0.2, 0.25) is 0 Å². The smallest absolute Gasteiger partial charge is 0.142 e. The van der Waals surface area contributed by atoms with Crippen molar-refractivity contribution in [2.75, 3.05) is 32.1 Å². The Bertz CT molecular complexity index is 394. The van der Waals surface area contributed by atoms with Crippen LogP contribution in [0.5, 0.6) is 5.75 Å². The number of nitrogens with zero attached hydrogens (tertiary/aromatic N) is 1. The molecule has 108 valence electrons. The highest BCUT2D eigenvalue weighted by atomic mass is 16.5. The van der Waals surface area contributed by atoms with Gasteiger partial charge in [0.2, 0.25) is 0 Å². The minimum atomic E-state index is -0.414. The summed E-state index contributed by atoms with van der Waals surface area (Å²) in [5, 5.41) is 9.86. The van der Waals surface area contributed by atoms with Gasteiger partial charge < -0.3 is 20.5 Å². The second kappa shape index (κ2) is 7.36. The highest BCUT2D eigenvalue weighted by Gasteiger charge is 2.14. The van der Waals surface area contributed by atoms with Crippen molar-refractivity contribution in [2.45, 2.75) is 32.3 Å². The monoisotopic (exact) mass is 266 g/mol. The zero-order valence-electron chi connectivity index (χ0n) is 12.4. The summed E-state index contributed by atoms with van der Waals surface area (Å²) >= 11 is 0. The lowest BCUT2D eigenvalue weighted by Gasteiger charge is -2.25. The largest absolute Gasteiger partial charge is 0.495 e. The number of benzene rings is 1. The first-order valence-corrected chi connectivity index (χ1v) is 6.76. The number of methoxy groups -OCH3 is 1. The van der Waals surface area contributed by atoms with Crippen molar-refractivity contribution in [1.82, 2.24) is 0 Å². The van der Waals surface area contributed by atoms with Gasteiger partial charge in [-0.1, -0.05) is 19.9 Å². The summed E-state index contributed by atoms with van der Waals surface area (Å²) in [5.41, 5.74) is 7.73. The van der Waals surface area contributed by atoms with Gasteiger partial charge >= 0.3 is 0 Å². The Hall–Kier alpha value is -1.26. The molecule has 1 aromatic carbocycles. The predicted molar refractivity (Wildman–Crippen MR) is 80.0 cm³/mol. The van der Waals surface area contributed by atoms with E-state index >= 15 is 0 Å². The lowest BCUT2D eigenvalue weighted by molar-refractivity contribution is 0.174. The minimum absolute atomic E-state index is 0.414. The number of aliphatic hydroxyl groups is 1. The predicted octanol–water partition coefficient (Wildman–Crippen LogP) is 1.96. The Labute approximate surface area is 116 Å². The molecule has 0 aromatic heterocycles. The highest BCUT2D eigenvalue weighted by Crippen LogP contribution is 2.31. The van der Waals surface area contributed by atoms with E-state index in [4.69, 9.17) is 10.5 Å². The normalized spacial score (nSPS) is 12.6. The fourth-order valence-electron chi connectivity index (χ4n) is 2.06. The molecule has 0 fully saturated rings. The minimum Gasteiger partial charge on any atom is -0.495 e. The molecule has 1 aromatic rings. The zero-order valence-corrected chi connectivity index (χ0v) is 12.4. The van der Waals surface area contributed by atoms with E-state index in [1.807, 2.05) is 18.0 Å². The van der Waals surface area contributed by atoms with Crippen LogP contribution in [0, 0.1) is 0 Å². The van der Waals surface area contributed by atoms with Crippen LogP contribution in [0.25, 0.3) is 0 Å². The maximum Gasteiger partial charge on any atom is 0.142 e. The SMILES string of the molecule is COc1ccc(C(C)C)cc1N(C)CC(O)CCN. The van der Waals surface area contributed by atoms with Crippen molar-refractivity contribution in [1.29, 1.82) is 0 Å². The Balaban J connectivity index is 2.92. The molecule has 0 heterocycles. The van der Waals surface area contributed by atoms with Gasteiger partial charge in [0.1, 0.15) is 5.75 Å². The molecule has 0 spiro atoms. The summed E-state index contributed by atoms with van der Waals surface area (Å²) in [5.74, 6) is 1.29. The molecule has 4 heteroatoms. The molecule has 0 saturated heterocycles. The number of rotatable bonds is 7. The lowest BCUT2D eigenvalue weighted by Crippen LogP contribution is -2.30. The van der Waals surface area contributed by atoms with Crippen molar-refractivity contribution in [2.24, 2.45) is 5.73 Å². The molecule has 1 atom stereocenters. The summed E-state index contributed by atoms with van der Waals surface area (Å²) in [6, 6.07) is 6.19. The fraction of sp³-hybridized carbons (Fsp3) is 0.600. The second-order valence-electron chi connectivity index (χ2n) is 5.20. The van der Waals surface area contributed by atoms with Crippen molar-refractivity contribution >= 4 is 5.69 Å². The van der Waals surface area contributed by atoms with Gasteiger partial charge in [-0.05, 0) is 36.6 Å². The standard InChI is InChI=1S/C15H26N2O2/c1-11(2)12-5-6-15(19-4)14(9-12)17(3)10-13(18)7-8-16/h5-6,9,11,13,18H,7-8,10,16H2,1-4H3. The third kappa shape index (κ3) is 4.40. The molecule has 0 aliphatic carbocycles. The number of hydrogen-bond donors (Lipinski definition) is 2. The highest BCUT2D eigenvalue weighted by molar-refractivity contribution is 5.60. The van der Waals surface area contributed by atoms with Gasteiger partial charge in [0.15, 0.2) is 0 Å². The molecule has 0 radical (unpaired) electrons. The van der Waals surface area contributed by atoms with Crippen LogP contribution in [-0.4, -0.2) is 38.5 Å². The Morgan fingerprint density at radius 1 is 1.37 bits per heavy atom. The molecule has 1 rings (SSSR count). The molecular formula is C15H26N2O2. The number of anilines is 1. The number of hydrogen-bond acceptors (Lipinski definition) is 4. The van der Waals surface area contributed by atoms with Crippen molar-refractivity contribution in [3.63, 3.8) is 0 Å². The van der Waals surface area contributed by atoms with Gasteiger partial charge in [0.05, 0.1) is 18.9 Å². The first-order valence-electron chi connectivity index (χ1n) is 6.76. The van der Waals surface area contributed by atoms with Crippen LogP contribution in [0.15, 0.2) is 18.2 Å². The molecule has 1 unspecified atom stereocenters. The first-order chi connectivity index (χ1) is 8.99. The molecule has 0 aliphatic rings. The van der Waals surface area contributed by atoms with Gasteiger partial charge in [-0.3, -0.25) is 0 Å². The summed E-state index contributed by atoms with van der Waals surface area (Å²) in [6.07, 6.45) is 0.193. The van der Waals surface area contributed by atoms with Crippen molar-refractivity contribution in [3.8, 4) is 5.75 Å². The van der Waals surface area contributed by atoms with Gasteiger partial charge in [-0.25, -0.2) is 0 Å². The van der Waals surface area contributed by atoms with Crippen LogP contribution in [0.4, 0.5) is 5.69 Å². The summed E-state index contributed by atoms with van der Waals surface area (Å²) in [6.45, 7) is 5.37. The maximum atomic E-state index is 9.86. The van der Waals surface area contributed by atoms with Crippen LogP contribution in [0.3, 0.4) is 0 Å². The molecule has 0 bridgehead atoms. The third-order valence-electron chi connectivity index (χ3n) is 3.27. The molecule has 0 aliphatic heterocycles.